The monoisotopic (exact) mass is 213 g/mol. The molecule has 1 aromatic rings. The van der Waals surface area contributed by atoms with Crippen LogP contribution < -0.4 is 5.32 Å². The van der Waals surface area contributed by atoms with Crippen molar-refractivity contribution in [2.24, 2.45) is 5.92 Å². The lowest BCUT2D eigenvalue weighted by molar-refractivity contribution is 0.246. The number of rotatable bonds is 3. The van der Waals surface area contributed by atoms with Gasteiger partial charge in [0.05, 0.1) is 6.54 Å². The van der Waals surface area contributed by atoms with Gasteiger partial charge in [0.25, 0.3) is 0 Å². The van der Waals surface area contributed by atoms with Crippen molar-refractivity contribution in [3.63, 3.8) is 0 Å². The number of benzene rings is 1. The average Bonchev–Trinajstić information content (AvgIpc) is 2.23. The van der Waals surface area contributed by atoms with E-state index >= 15 is 0 Å². The Kier molecular flexibility index (Phi) is 4.02. The molecule has 0 aromatic heterocycles. The Morgan fingerprint density at radius 1 is 1.31 bits per heavy atom. The smallest absolute Gasteiger partial charge is 0.0582 e. The summed E-state index contributed by atoms with van der Waals surface area (Å²) in [6.45, 7) is 3.07. The van der Waals surface area contributed by atoms with E-state index in [1.807, 2.05) is 30.3 Å². The van der Waals surface area contributed by atoms with Gasteiger partial charge >= 0.3 is 0 Å². The molecule has 0 radical (unpaired) electrons. The molecule has 2 rings (SSSR count). The molecule has 1 aromatic carbocycles. The molecule has 0 aliphatic heterocycles. The third-order valence-electron chi connectivity index (χ3n) is 3.38. The molecule has 1 unspecified atom stereocenters. The molecular formula is C15H19N. The van der Waals surface area contributed by atoms with Crippen molar-refractivity contribution in [2.75, 3.05) is 6.54 Å². The number of nitrogens with one attached hydrogen (secondary N) is 1. The Morgan fingerprint density at radius 3 is 2.69 bits per heavy atom. The fourth-order valence-corrected chi connectivity index (χ4v) is 1.99. The number of hydrogen-bond donors (Lipinski definition) is 1. The van der Waals surface area contributed by atoms with Gasteiger partial charge in [-0.3, -0.25) is 0 Å². The molecule has 1 fully saturated rings. The SMILES string of the molecule is CC(NCC#Cc1ccccc1)C1CCC1. The Labute approximate surface area is 98.3 Å². The molecule has 1 heteroatoms. The van der Waals surface area contributed by atoms with Crippen molar-refractivity contribution in [3.8, 4) is 11.8 Å². The zero-order valence-corrected chi connectivity index (χ0v) is 9.87. The van der Waals surface area contributed by atoms with Gasteiger partial charge in [0.2, 0.25) is 0 Å². The summed E-state index contributed by atoms with van der Waals surface area (Å²) in [5.41, 5.74) is 1.10. The lowest BCUT2D eigenvalue weighted by Crippen LogP contribution is -2.37. The van der Waals surface area contributed by atoms with Crippen LogP contribution in [0.4, 0.5) is 0 Å². The molecular weight excluding hydrogens is 194 g/mol. The third kappa shape index (κ3) is 3.12. The second kappa shape index (κ2) is 5.72. The van der Waals surface area contributed by atoms with Crippen LogP contribution in [-0.2, 0) is 0 Å². The highest BCUT2D eigenvalue weighted by Crippen LogP contribution is 2.29. The van der Waals surface area contributed by atoms with Crippen LogP contribution >= 0.6 is 0 Å². The van der Waals surface area contributed by atoms with Crippen LogP contribution in [0.3, 0.4) is 0 Å². The molecule has 1 nitrogen and oxygen atoms in total. The minimum atomic E-state index is 0.624. The Hall–Kier alpha value is -1.26. The maximum Gasteiger partial charge on any atom is 0.0582 e. The summed E-state index contributed by atoms with van der Waals surface area (Å²) in [6.07, 6.45) is 4.19. The van der Waals surface area contributed by atoms with Gasteiger partial charge in [-0.1, -0.05) is 36.5 Å². The highest BCUT2D eigenvalue weighted by atomic mass is 14.9. The van der Waals surface area contributed by atoms with Gasteiger partial charge in [-0.2, -0.15) is 0 Å². The second-order valence-corrected chi connectivity index (χ2v) is 4.53. The van der Waals surface area contributed by atoms with Gasteiger partial charge in [0, 0.05) is 11.6 Å². The average molecular weight is 213 g/mol. The van der Waals surface area contributed by atoms with E-state index in [-0.39, 0.29) is 0 Å². The zero-order chi connectivity index (χ0) is 11.2. The Morgan fingerprint density at radius 2 is 2.06 bits per heavy atom. The van der Waals surface area contributed by atoms with Gasteiger partial charge in [-0.25, -0.2) is 0 Å². The van der Waals surface area contributed by atoms with E-state index in [0.29, 0.717) is 6.04 Å². The van der Waals surface area contributed by atoms with Crippen LogP contribution in [0.2, 0.25) is 0 Å². The molecule has 1 saturated carbocycles. The van der Waals surface area contributed by atoms with Crippen molar-refractivity contribution < 1.29 is 0 Å². The van der Waals surface area contributed by atoms with Crippen LogP contribution in [-0.4, -0.2) is 12.6 Å². The molecule has 1 aliphatic rings. The molecule has 84 valence electrons. The first kappa shape index (κ1) is 11.2. The predicted molar refractivity (Wildman–Crippen MR) is 68.1 cm³/mol. The summed E-state index contributed by atoms with van der Waals surface area (Å²) in [5.74, 6) is 7.22. The van der Waals surface area contributed by atoms with Gasteiger partial charge in [0.1, 0.15) is 0 Å². The second-order valence-electron chi connectivity index (χ2n) is 4.53. The summed E-state index contributed by atoms with van der Waals surface area (Å²) in [6, 6.07) is 10.8. The largest absolute Gasteiger partial charge is 0.303 e. The summed E-state index contributed by atoms with van der Waals surface area (Å²) < 4.78 is 0. The molecule has 1 aliphatic carbocycles. The maximum atomic E-state index is 3.48. The van der Waals surface area contributed by atoms with Crippen molar-refractivity contribution in [1.29, 1.82) is 0 Å². The van der Waals surface area contributed by atoms with Crippen LogP contribution in [0.1, 0.15) is 31.7 Å². The first-order valence-corrected chi connectivity index (χ1v) is 6.13. The third-order valence-corrected chi connectivity index (χ3v) is 3.38. The first-order chi connectivity index (χ1) is 7.86. The fourth-order valence-electron chi connectivity index (χ4n) is 1.99. The lowest BCUT2D eigenvalue weighted by atomic mass is 9.80. The van der Waals surface area contributed by atoms with Gasteiger partial charge in [-0.05, 0) is 37.8 Å². The van der Waals surface area contributed by atoms with Crippen LogP contribution in [0, 0.1) is 17.8 Å². The minimum Gasteiger partial charge on any atom is -0.303 e. The standard InChI is InChI=1S/C15H19N/c1-13(15-10-5-11-15)16-12-6-9-14-7-3-2-4-8-14/h2-4,7-8,13,15-16H,5,10-12H2,1H3. The molecule has 1 N–H and O–H groups in total. The Balaban J connectivity index is 1.73. The Bertz CT molecular complexity index is 367. The normalized spacial score (nSPS) is 17.1. The highest BCUT2D eigenvalue weighted by Gasteiger charge is 2.22. The van der Waals surface area contributed by atoms with E-state index in [4.69, 9.17) is 0 Å². The van der Waals surface area contributed by atoms with Crippen molar-refractivity contribution in [1.82, 2.24) is 5.32 Å². The molecule has 16 heavy (non-hydrogen) atoms. The van der Waals surface area contributed by atoms with Crippen LogP contribution in [0.25, 0.3) is 0 Å². The molecule has 0 saturated heterocycles. The maximum absolute atomic E-state index is 3.48. The molecule has 0 spiro atoms. The van der Waals surface area contributed by atoms with E-state index in [9.17, 15) is 0 Å². The van der Waals surface area contributed by atoms with E-state index in [0.717, 1.165) is 18.0 Å². The summed E-state index contributed by atoms with van der Waals surface area (Å²) in [7, 11) is 0. The molecule has 1 atom stereocenters. The summed E-state index contributed by atoms with van der Waals surface area (Å²) in [5, 5.41) is 3.48. The molecule has 0 bridgehead atoms. The van der Waals surface area contributed by atoms with Gasteiger partial charge < -0.3 is 5.32 Å². The van der Waals surface area contributed by atoms with E-state index < -0.39 is 0 Å². The zero-order valence-electron chi connectivity index (χ0n) is 9.87. The topological polar surface area (TPSA) is 12.0 Å². The summed E-state index contributed by atoms with van der Waals surface area (Å²) >= 11 is 0. The predicted octanol–water partition coefficient (Wildman–Crippen LogP) is 2.82. The molecule has 0 heterocycles. The summed E-state index contributed by atoms with van der Waals surface area (Å²) in [4.78, 5) is 0. The van der Waals surface area contributed by atoms with Crippen molar-refractivity contribution >= 4 is 0 Å². The molecule has 0 amide bonds. The lowest BCUT2D eigenvalue weighted by Gasteiger charge is -2.31. The van der Waals surface area contributed by atoms with Crippen molar-refractivity contribution in [2.45, 2.75) is 32.2 Å². The van der Waals surface area contributed by atoms with E-state index in [2.05, 4.69) is 24.1 Å². The fraction of sp³-hybridized carbons (Fsp3) is 0.467. The van der Waals surface area contributed by atoms with E-state index in [1.54, 1.807) is 0 Å². The number of hydrogen-bond acceptors (Lipinski definition) is 1. The highest BCUT2D eigenvalue weighted by molar-refractivity contribution is 5.33. The van der Waals surface area contributed by atoms with E-state index in [1.165, 1.54) is 19.3 Å². The van der Waals surface area contributed by atoms with Crippen LogP contribution in [0.5, 0.6) is 0 Å². The quantitative estimate of drug-likeness (QED) is 0.761. The minimum absolute atomic E-state index is 0.624. The van der Waals surface area contributed by atoms with Crippen molar-refractivity contribution in [3.05, 3.63) is 35.9 Å². The van der Waals surface area contributed by atoms with Gasteiger partial charge in [0.15, 0.2) is 0 Å². The van der Waals surface area contributed by atoms with Crippen LogP contribution in [0.15, 0.2) is 30.3 Å². The van der Waals surface area contributed by atoms with Gasteiger partial charge in [-0.15, -0.1) is 0 Å². The first-order valence-electron chi connectivity index (χ1n) is 6.13.